The van der Waals surface area contributed by atoms with Crippen LogP contribution in [0, 0.1) is 11.3 Å². The third kappa shape index (κ3) is 2.57. The van der Waals surface area contributed by atoms with Gasteiger partial charge in [0, 0.05) is 16.9 Å². The van der Waals surface area contributed by atoms with Gasteiger partial charge in [-0.3, -0.25) is 4.79 Å². The second-order valence-corrected chi connectivity index (χ2v) is 7.41. The SMILES string of the molecule is CCc1cc(C=O)c(C2(C)CCCC(C)(C)C2C=O)cc1O. The molecule has 2 atom stereocenters. The van der Waals surface area contributed by atoms with Gasteiger partial charge >= 0.3 is 0 Å². The molecule has 22 heavy (non-hydrogen) atoms. The predicted octanol–water partition coefficient (Wildman–Crippen LogP) is 4.05. The van der Waals surface area contributed by atoms with E-state index in [4.69, 9.17) is 0 Å². The van der Waals surface area contributed by atoms with Crippen LogP contribution in [0.1, 0.15) is 68.4 Å². The van der Waals surface area contributed by atoms with Gasteiger partial charge in [0.2, 0.25) is 0 Å². The first kappa shape index (κ1) is 16.7. The summed E-state index contributed by atoms with van der Waals surface area (Å²) in [5.74, 6) is 0.0525. The maximum Gasteiger partial charge on any atom is 0.150 e. The maximum absolute atomic E-state index is 11.8. The van der Waals surface area contributed by atoms with Crippen LogP contribution in [0.25, 0.3) is 0 Å². The van der Waals surface area contributed by atoms with Crippen molar-refractivity contribution >= 4 is 12.6 Å². The Morgan fingerprint density at radius 2 is 1.91 bits per heavy atom. The fraction of sp³-hybridized carbons (Fsp3) is 0.579. The molecule has 0 aliphatic heterocycles. The largest absolute Gasteiger partial charge is 0.508 e. The topological polar surface area (TPSA) is 54.4 Å². The number of aryl methyl sites for hydroxylation is 1. The van der Waals surface area contributed by atoms with E-state index in [1.807, 2.05) is 6.92 Å². The Morgan fingerprint density at radius 3 is 2.45 bits per heavy atom. The van der Waals surface area contributed by atoms with Crippen LogP contribution >= 0.6 is 0 Å². The van der Waals surface area contributed by atoms with Gasteiger partial charge in [-0.05, 0) is 47.9 Å². The van der Waals surface area contributed by atoms with E-state index in [-0.39, 0.29) is 17.1 Å². The Balaban J connectivity index is 2.64. The van der Waals surface area contributed by atoms with Crippen molar-refractivity contribution < 1.29 is 14.7 Å². The van der Waals surface area contributed by atoms with E-state index in [0.29, 0.717) is 12.0 Å². The van der Waals surface area contributed by atoms with Gasteiger partial charge in [-0.1, -0.05) is 34.1 Å². The summed E-state index contributed by atoms with van der Waals surface area (Å²) < 4.78 is 0. The fourth-order valence-corrected chi connectivity index (χ4v) is 4.25. The minimum atomic E-state index is -0.413. The summed E-state index contributed by atoms with van der Waals surface area (Å²) in [5, 5.41) is 10.2. The minimum Gasteiger partial charge on any atom is -0.508 e. The number of benzene rings is 1. The van der Waals surface area contributed by atoms with Crippen LogP contribution in [0.15, 0.2) is 12.1 Å². The second-order valence-electron chi connectivity index (χ2n) is 7.41. The number of rotatable bonds is 4. The van der Waals surface area contributed by atoms with E-state index in [0.717, 1.165) is 43.0 Å². The first-order chi connectivity index (χ1) is 10.3. The predicted molar refractivity (Wildman–Crippen MR) is 87.4 cm³/mol. The van der Waals surface area contributed by atoms with E-state index < -0.39 is 5.41 Å². The molecule has 0 spiro atoms. The van der Waals surface area contributed by atoms with Gasteiger partial charge in [0.25, 0.3) is 0 Å². The van der Waals surface area contributed by atoms with E-state index in [1.54, 1.807) is 12.1 Å². The van der Waals surface area contributed by atoms with Crippen molar-refractivity contribution in [1.29, 1.82) is 0 Å². The molecule has 2 rings (SSSR count). The van der Waals surface area contributed by atoms with Crippen LogP contribution in [-0.4, -0.2) is 17.7 Å². The number of phenols is 1. The van der Waals surface area contributed by atoms with E-state index >= 15 is 0 Å². The van der Waals surface area contributed by atoms with Crippen LogP contribution in [0.4, 0.5) is 0 Å². The summed E-state index contributed by atoms with van der Waals surface area (Å²) in [6.45, 7) is 8.23. The maximum atomic E-state index is 11.8. The minimum absolute atomic E-state index is 0.103. The molecule has 1 aromatic carbocycles. The van der Waals surface area contributed by atoms with Gasteiger partial charge in [-0.25, -0.2) is 0 Å². The molecule has 0 bridgehead atoms. The van der Waals surface area contributed by atoms with Gasteiger partial charge in [-0.15, -0.1) is 0 Å². The number of hydrogen-bond donors (Lipinski definition) is 1. The third-order valence-corrected chi connectivity index (χ3v) is 5.56. The van der Waals surface area contributed by atoms with Crippen LogP contribution in [0.3, 0.4) is 0 Å². The Morgan fingerprint density at radius 1 is 1.23 bits per heavy atom. The molecule has 2 unspecified atom stereocenters. The van der Waals surface area contributed by atoms with E-state index in [2.05, 4.69) is 20.8 Å². The lowest BCUT2D eigenvalue weighted by atomic mass is 9.54. The number of carbonyl (C=O) groups excluding carboxylic acids is 2. The molecule has 1 aliphatic rings. The first-order valence-corrected chi connectivity index (χ1v) is 8.07. The average molecular weight is 302 g/mol. The van der Waals surface area contributed by atoms with Crippen molar-refractivity contribution in [2.24, 2.45) is 11.3 Å². The highest BCUT2D eigenvalue weighted by Gasteiger charge is 2.48. The summed E-state index contributed by atoms with van der Waals surface area (Å²) in [5.41, 5.74) is 1.66. The Hall–Kier alpha value is -1.64. The Kier molecular flexibility index (Phi) is 4.46. The lowest BCUT2D eigenvalue weighted by Gasteiger charge is -2.49. The van der Waals surface area contributed by atoms with Gasteiger partial charge in [-0.2, -0.15) is 0 Å². The molecule has 1 fully saturated rings. The van der Waals surface area contributed by atoms with Crippen molar-refractivity contribution in [3.05, 3.63) is 28.8 Å². The smallest absolute Gasteiger partial charge is 0.150 e. The van der Waals surface area contributed by atoms with Crippen molar-refractivity contribution in [3.8, 4) is 5.75 Å². The molecule has 1 saturated carbocycles. The van der Waals surface area contributed by atoms with Gasteiger partial charge in [0.05, 0.1) is 0 Å². The lowest BCUT2D eigenvalue weighted by molar-refractivity contribution is -0.119. The molecule has 0 saturated heterocycles. The summed E-state index contributed by atoms with van der Waals surface area (Å²) in [6.07, 6.45) is 5.43. The van der Waals surface area contributed by atoms with Crippen molar-refractivity contribution in [3.63, 3.8) is 0 Å². The van der Waals surface area contributed by atoms with E-state index in [9.17, 15) is 14.7 Å². The van der Waals surface area contributed by atoms with Crippen LogP contribution in [0.2, 0.25) is 0 Å². The summed E-state index contributed by atoms with van der Waals surface area (Å²) in [7, 11) is 0. The van der Waals surface area contributed by atoms with Crippen molar-refractivity contribution in [1.82, 2.24) is 0 Å². The number of hydrogen-bond acceptors (Lipinski definition) is 3. The van der Waals surface area contributed by atoms with Crippen LogP contribution in [0.5, 0.6) is 5.75 Å². The molecule has 120 valence electrons. The highest BCUT2D eigenvalue weighted by molar-refractivity contribution is 5.80. The van der Waals surface area contributed by atoms with Crippen LogP contribution < -0.4 is 0 Å². The van der Waals surface area contributed by atoms with Gasteiger partial charge in [0.1, 0.15) is 18.3 Å². The molecule has 1 aromatic rings. The standard InChI is InChI=1S/C19H26O3/c1-5-13-9-14(11-20)15(10-16(13)22)19(4)8-6-7-18(2,3)17(19)12-21/h9-12,17,22H,5-8H2,1-4H3. The molecular formula is C19H26O3. The zero-order chi connectivity index (χ0) is 16.5. The second kappa shape index (κ2) is 5.86. The molecule has 1 aliphatic carbocycles. The zero-order valence-corrected chi connectivity index (χ0v) is 14.0. The number of aldehydes is 2. The Bertz CT molecular complexity index is 589. The molecule has 0 amide bonds. The van der Waals surface area contributed by atoms with Crippen LogP contribution in [-0.2, 0) is 16.6 Å². The molecule has 1 N–H and O–H groups in total. The number of phenolic OH excluding ortho intramolecular Hbond substituents is 1. The number of carbonyl (C=O) groups is 2. The molecule has 0 radical (unpaired) electrons. The zero-order valence-electron chi connectivity index (χ0n) is 14.0. The summed E-state index contributed by atoms with van der Waals surface area (Å²) in [6, 6.07) is 3.48. The van der Waals surface area contributed by atoms with Gasteiger partial charge < -0.3 is 9.90 Å². The average Bonchev–Trinajstić information content (AvgIpc) is 2.46. The quantitative estimate of drug-likeness (QED) is 0.854. The Labute approximate surface area is 132 Å². The molecule has 0 heterocycles. The third-order valence-electron chi connectivity index (χ3n) is 5.56. The molecular weight excluding hydrogens is 276 g/mol. The normalized spacial score (nSPS) is 27.4. The highest BCUT2D eigenvalue weighted by atomic mass is 16.3. The molecule has 3 nitrogen and oxygen atoms in total. The molecule has 0 aromatic heterocycles. The lowest BCUT2D eigenvalue weighted by Crippen LogP contribution is -2.46. The van der Waals surface area contributed by atoms with Crippen molar-refractivity contribution in [2.45, 2.75) is 58.8 Å². The fourth-order valence-electron chi connectivity index (χ4n) is 4.25. The summed E-state index contributed by atoms with van der Waals surface area (Å²) >= 11 is 0. The monoisotopic (exact) mass is 302 g/mol. The highest BCUT2D eigenvalue weighted by Crippen LogP contribution is 2.52. The first-order valence-electron chi connectivity index (χ1n) is 8.07. The summed E-state index contributed by atoms with van der Waals surface area (Å²) in [4.78, 5) is 23.4. The van der Waals surface area contributed by atoms with Gasteiger partial charge in [0.15, 0.2) is 0 Å². The van der Waals surface area contributed by atoms with Crippen molar-refractivity contribution in [2.75, 3.05) is 0 Å². The molecule has 3 heteroatoms. The van der Waals surface area contributed by atoms with E-state index in [1.165, 1.54) is 0 Å². The number of aromatic hydroxyl groups is 1.